The number of benzene rings is 3. The summed E-state index contributed by atoms with van der Waals surface area (Å²) in [4.78, 5) is 19.1. The first kappa shape index (κ1) is 18.8. The molecule has 0 radical (unpaired) electrons. The van der Waals surface area contributed by atoms with Crippen LogP contribution in [0.4, 0.5) is 0 Å². The highest BCUT2D eigenvalue weighted by Gasteiger charge is 2.35. The Bertz CT molecular complexity index is 1230. The van der Waals surface area contributed by atoms with Gasteiger partial charge in [-0.25, -0.2) is 0 Å². The number of carbonyl (C=O) groups excluding carboxylic acids is 1. The van der Waals surface area contributed by atoms with Crippen molar-refractivity contribution in [1.29, 1.82) is 0 Å². The van der Waals surface area contributed by atoms with Crippen molar-refractivity contribution >= 4 is 28.4 Å². The average Bonchev–Trinajstić information content (AvgIpc) is 3.17. The lowest BCUT2D eigenvalue weighted by molar-refractivity contribution is 0.0692. The highest BCUT2D eigenvalue weighted by Crippen LogP contribution is 2.39. The van der Waals surface area contributed by atoms with E-state index >= 15 is 0 Å². The van der Waals surface area contributed by atoms with E-state index in [9.17, 15) is 4.79 Å². The number of para-hydroxylation sites is 1. The summed E-state index contributed by atoms with van der Waals surface area (Å²) in [7, 11) is 1.65. The lowest BCUT2D eigenvalue weighted by atomic mass is 9.91. The fourth-order valence-corrected chi connectivity index (χ4v) is 4.60. The van der Waals surface area contributed by atoms with Crippen molar-refractivity contribution < 1.29 is 9.53 Å². The molecule has 1 aliphatic heterocycles. The number of methoxy groups -OCH3 is 1. The zero-order valence-electron chi connectivity index (χ0n) is 16.6. The number of nitrogens with zero attached hydrogens (tertiary/aromatic N) is 1. The molecule has 2 heterocycles. The van der Waals surface area contributed by atoms with Gasteiger partial charge in [0.2, 0.25) is 0 Å². The summed E-state index contributed by atoms with van der Waals surface area (Å²) in [5.74, 6) is 0.723. The normalized spacial score (nSPS) is 15.8. The summed E-state index contributed by atoms with van der Waals surface area (Å²) in [6.45, 7) is 0.621. The molecule has 1 aliphatic rings. The van der Waals surface area contributed by atoms with Crippen molar-refractivity contribution in [3.05, 3.63) is 100 Å². The van der Waals surface area contributed by atoms with E-state index in [-0.39, 0.29) is 11.9 Å². The molecule has 5 rings (SSSR count). The van der Waals surface area contributed by atoms with E-state index in [1.165, 1.54) is 10.9 Å². The molecule has 0 saturated carbocycles. The Morgan fingerprint density at radius 1 is 1.03 bits per heavy atom. The van der Waals surface area contributed by atoms with E-state index in [0.29, 0.717) is 17.1 Å². The lowest BCUT2D eigenvalue weighted by Gasteiger charge is -2.36. The molecule has 1 N–H and O–H groups in total. The van der Waals surface area contributed by atoms with E-state index in [1.54, 1.807) is 19.2 Å². The van der Waals surface area contributed by atoms with Crippen LogP contribution >= 0.6 is 11.6 Å². The minimum atomic E-state index is -0.226. The maximum absolute atomic E-state index is 13.6. The third kappa shape index (κ3) is 3.04. The van der Waals surface area contributed by atoms with Crippen LogP contribution < -0.4 is 4.74 Å². The van der Waals surface area contributed by atoms with Crippen LogP contribution in [0.25, 0.3) is 10.9 Å². The Morgan fingerprint density at radius 3 is 2.53 bits per heavy atom. The largest absolute Gasteiger partial charge is 0.497 e. The molecule has 3 aromatic carbocycles. The summed E-state index contributed by atoms with van der Waals surface area (Å²) >= 11 is 6.36. The van der Waals surface area contributed by atoms with Crippen molar-refractivity contribution in [3.8, 4) is 5.75 Å². The van der Waals surface area contributed by atoms with Crippen LogP contribution in [-0.4, -0.2) is 29.4 Å². The fraction of sp³-hybridized carbons (Fsp3) is 0.160. The highest BCUT2D eigenvalue weighted by atomic mass is 35.5. The number of H-pyrrole nitrogens is 1. The molecule has 0 aliphatic carbocycles. The van der Waals surface area contributed by atoms with Gasteiger partial charge in [-0.1, -0.05) is 54.1 Å². The second-order valence-corrected chi connectivity index (χ2v) is 7.87. The van der Waals surface area contributed by atoms with Crippen molar-refractivity contribution in [3.63, 3.8) is 0 Å². The fourth-order valence-electron chi connectivity index (χ4n) is 4.38. The van der Waals surface area contributed by atoms with Crippen molar-refractivity contribution in [2.75, 3.05) is 13.7 Å². The van der Waals surface area contributed by atoms with Crippen LogP contribution in [-0.2, 0) is 6.42 Å². The van der Waals surface area contributed by atoms with Crippen LogP contribution in [0, 0.1) is 0 Å². The van der Waals surface area contributed by atoms with Crippen LogP contribution in [0.1, 0.15) is 33.2 Å². The van der Waals surface area contributed by atoms with E-state index in [1.807, 2.05) is 47.4 Å². The summed E-state index contributed by atoms with van der Waals surface area (Å²) < 4.78 is 5.33. The Kier molecular flexibility index (Phi) is 4.72. The number of nitrogens with one attached hydrogen (secondary N) is 1. The number of amides is 1. The van der Waals surface area contributed by atoms with Crippen molar-refractivity contribution in [2.45, 2.75) is 12.5 Å². The Morgan fingerprint density at radius 2 is 1.77 bits per heavy atom. The molecule has 1 aromatic heterocycles. The Balaban J connectivity index is 1.66. The summed E-state index contributed by atoms with van der Waals surface area (Å²) in [5.41, 5.74) is 4.98. The van der Waals surface area contributed by atoms with Crippen LogP contribution in [0.3, 0.4) is 0 Å². The van der Waals surface area contributed by atoms with Gasteiger partial charge in [0, 0.05) is 23.1 Å². The van der Waals surface area contributed by atoms with Crippen molar-refractivity contribution in [1.82, 2.24) is 9.88 Å². The summed E-state index contributed by atoms with van der Waals surface area (Å²) in [5, 5.41) is 1.69. The van der Waals surface area contributed by atoms with Gasteiger partial charge in [0.05, 0.1) is 23.7 Å². The number of aromatic amines is 1. The number of carbonyl (C=O) groups is 1. The molecule has 30 heavy (non-hydrogen) atoms. The van der Waals surface area contributed by atoms with Gasteiger partial charge in [-0.15, -0.1) is 0 Å². The number of rotatable bonds is 3. The third-order valence-electron chi connectivity index (χ3n) is 5.83. The Hall–Kier alpha value is -3.24. The van der Waals surface area contributed by atoms with Crippen molar-refractivity contribution in [2.24, 2.45) is 0 Å². The lowest BCUT2D eigenvalue weighted by Crippen LogP contribution is -2.40. The van der Waals surface area contributed by atoms with Gasteiger partial charge in [0.1, 0.15) is 5.75 Å². The third-order valence-corrected chi connectivity index (χ3v) is 6.16. The molecule has 5 heteroatoms. The second kappa shape index (κ2) is 7.54. The van der Waals surface area contributed by atoms with E-state index in [4.69, 9.17) is 16.3 Å². The van der Waals surface area contributed by atoms with Gasteiger partial charge in [-0.2, -0.15) is 0 Å². The number of hydrogen-bond acceptors (Lipinski definition) is 2. The number of hydrogen-bond donors (Lipinski definition) is 1. The molecule has 0 spiro atoms. The van der Waals surface area contributed by atoms with Crippen LogP contribution in [0.15, 0.2) is 72.8 Å². The number of ether oxygens (including phenoxy) is 1. The smallest absolute Gasteiger partial charge is 0.256 e. The molecule has 1 unspecified atom stereocenters. The molecule has 0 fully saturated rings. The molecule has 1 atom stereocenters. The molecule has 4 nitrogen and oxygen atoms in total. The van der Waals surface area contributed by atoms with Gasteiger partial charge >= 0.3 is 0 Å². The maximum atomic E-state index is 13.6. The summed E-state index contributed by atoms with van der Waals surface area (Å²) in [6.07, 6.45) is 0.794. The number of halogens is 1. The molecule has 1 amide bonds. The van der Waals surface area contributed by atoms with E-state index in [0.717, 1.165) is 28.9 Å². The van der Waals surface area contributed by atoms with Gasteiger partial charge in [0.25, 0.3) is 5.91 Å². The highest BCUT2D eigenvalue weighted by molar-refractivity contribution is 6.33. The first-order valence-electron chi connectivity index (χ1n) is 9.96. The standard InChI is InChI=1S/C25H21ClN2O2/c1-30-17-12-10-16(11-13-17)24-23-19(18-6-3-5-9-22(18)27-23)14-15-28(24)25(29)20-7-2-4-8-21(20)26/h2-13,24,27H,14-15H2,1H3. The molecule has 0 saturated heterocycles. The Labute approximate surface area is 180 Å². The number of aromatic nitrogens is 1. The first-order chi connectivity index (χ1) is 14.7. The topological polar surface area (TPSA) is 45.3 Å². The van der Waals surface area contributed by atoms with Gasteiger partial charge in [-0.3, -0.25) is 4.79 Å². The minimum Gasteiger partial charge on any atom is -0.497 e. The predicted octanol–water partition coefficient (Wildman–Crippen LogP) is 5.62. The monoisotopic (exact) mass is 416 g/mol. The maximum Gasteiger partial charge on any atom is 0.256 e. The molecule has 0 bridgehead atoms. The minimum absolute atomic E-state index is 0.0641. The van der Waals surface area contributed by atoms with Gasteiger partial charge < -0.3 is 14.6 Å². The zero-order chi connectivity index (χ0) is 20.7. The van der Waals surface area contributed by atoms with Crippen LogP contribution in [0.2, 0.25) is 5.02 Å². The summed E-state index contributed by atoms with van der Waals surface area (Å²) in [6, 6.07) is 23.2. The predicted molar refractivity (Wildman–Crippen MR) is 119 cm³/mol. The molecule has 4 aromatic rings. The quantitative estimate of drug-likeness (QED) is 0.471. The molecular formula is C25H21ClN2O2. The molecular weight excluding hydrogens is 396 g/mol. The molecule has 150 valence electrons. The van der Waals surface area contributed by atoms with Crippen LogP contribution in [0.5, 0.6) is 5.75 Å². The van der Waals surface area contributed by atoms with E-state index < -0.39 is 0 Å². The van der Waals surface area contributed by atoms with Gasteiger partial charge in [0.15, 0.2) is 0 Å². The average molecular weight is 417 g/mol. The van der Waals surface area contributed by atoms with Gasteiger partial charge in [-0.05, 0) is 47.9 Å². The van der Waals surface area contributed by atoms with E-state index in [2.05, 4.69) is 23.2 Å². The number of fused-ring (bicyclic) bond motifs is 3. The zero-order valence-corrected chi connectivity index (χ0v) is 17.3. The first-order valence-corrected chi connectivity index (χ1v) is 10.3. The SMILES string of the molecule is COc1ccc(C2c3[nH]c4ccccc4c3CCN2C(=O)c2ccccc2Cl)cc1. The second-order valence-electron chi connectivity index (χ2n) is 7.47.